The lowest BCUT2D eigenvalue weighted by atomic mass is 10.1. The molecule has 160 valence electrons. The number of aromatic nitrogens is 1. The Balaban J connectivity index is 2.39. The van der Waals surface area contributed by atoms with Crippen LogP contribution in [0.2, 0.25) is 0 Å². The lowest BCUT2D eigenvalue weighted by Crippen LogP contribution is -2.55. The predicted molar refractivity (Wildman–Crippen MR) is 101 cm³/mol. The number of esters is 3. The quantitative estimate of drug-likeness (QED) is 0.451. The zero-order chi connectivity index (χ0) is 21.8. The highest BCUT2D eigenvalue weighted by Gasteiger charge is 2.48. The molecule has 0 aromatic carbocycles. The van der Waals surface area contributed by atoms with Crippen molar-refractivity contribution in [3.8, 4) is 5.75 Å². The summed E-state index contributed by atoms with van der Waals surface area (Å²) < 4.78 is 45.5. The number of carbonyl (C=O) groups excluding carboxylic acids is 3. The van der Waals surface area contributed by atoms with Crippen molar-refractivity contribution >= 4 is 39.5 Å². The van der Waals surface area contributed by atoms with Crippen LogP contribution in [0.3, 0.4) is 0 Å². The van der Waals surface area contributed by atoms with E-state index >= 15 is 0 Å². The molecule has 4 atom stereocenters. The molecule has 0 saturated carbocycles. The van der Waals surface area contributed by atoms with Crippen LogP contribution < -0.4 is 4.74 Å². The Morgan fingerprint density at radius 3 is 2.17 bits per heavy atom. The summed E-state index contributed by atoms with van der Waals surface area (Å²) in [5.41, 5.74) is -0.945. The molecule has 12 heteroatoms. The molecule has 0 N–H and O–H groups in total. The lowest BCUT2D eigenvalue weighted by molar-refractivity contribution is -0.186. The van der Waals surface area contributed by atoms with Crippen LogP contribution in [0.5, 0.6) is 5.75 Å². The third-order valence-electron chi connectivity index (χ3n) is 3.64. The minimum absolute atomic E-state index is 0.0443. The van der Waals surface area contributed by atoms with Gasteiger partial charge in [-0.25, -0.2) is 13.4 Å². The average molecular weight is 447 g/mol. The van der Waals surface area contributed by atoms with Gasteiger partial charge in [-0.1, -0.05) is 0 Å². The van der Waals surface area contributed by atoms with Crippen LogP contribution in [0, 0.1) is 0 Å². The zero-order valence-corrected chi connectivity index (χ0v) is 17.8. The van der Waals surface area contributed by atoms with Gasteiger partial charge in [-0.3, -0.25) is 14.4 Å². The summed E-state index contributed by atoms with van der Waals surface area (Å²) in [5.74, 6) is -1.83. The molecule has 1 aromatic rings. The van der Waals surface area contributed by atoms with E-state index < -0.39 is 51.5 Å². The van der Waals surface area contributed by atoms with Crippen molar-refractivity contribution in [3.63, 3.8) is 0 Å². The van der Waals surface area contributed by atoms with Crippen molar-refractivity contribution < 1.29 is 41.7 Å². The van der Waals surface area contributed by atoms with E-state index in [1.165, 1.54) is 25.3 Å². The van der Waals surface area contributed by atoms with E-state index in [1.54, 1.807) is 0 Å². The van der Waals surface area contributed by atoms with E-state index in [0.29, 0.717) is 0 Å². The predicted octanol–water partition coefficient (Wildman–Crippen LogP) is 0.732. The number of nitrogens with zero attached hydrogens (tertiary/aromatic N) is 1. The Labute approximate surface area is 172 Å². The van der Waals surface area contributed by atoms with Gasteiger partial charge in [0.1, 0.15) is 0 Å². The van der Waals surface area contributed by atoms with Crippen LogP contribution in [0.25, 0.3) is 0 Å². The van der Waals surface area contributed by atoms with Crippen molar-refractivity contribution in [2.45, 2.75) is 49.5 Å². The van der Waals surface area contributed by atoms with Crippen molar-refractivity contribution in [3.05, 3.63) is 18.3 Å². The molecule has 2 rings (SSSR count). The standard InChI is InChI=1S/C17H21NO9S2/c1-9(19)24-13-8-28-17(15(26-11(3)21)14(13)25-10(2)20)27-12-6-5-7-18-16(12)29(4,22)23/h5-7,13-15,17H,8H2,1-4H3/t13-,14+,15-,17-/m1/s1. The maximum absolute atomic E-state index is 12.0. The fourth-order valence-corrected chi connectivity index (χ4v) is 4.62. The Kier molecular flexibility index (Phi) is 7.47. The van der Waals surface area contributed by atoms with Gasteiger partial charge in [-0.2, -0.15) is 0 Å². The largest absolute Gasteiger partial charge is 0.473 e. The minimum Gasteiger partial charge on any atom is -0.473 e. The molecule has 1 saturated heterocycles. The van der Waals surface area contributed by atoms with E-state index in [9.17, 15) is 22.8 Å². The van der Waals surface area contributed by atoms with Crippen LogP contribution >= 0.6 is 11.8 Å². The SMILES string of the molecule is CC(=O)O[C@@H]1[C@@H](OC(C)=O)[C@H](OC(C)=O)CS[C@H]1Oc1cccnc1S(C)(=O)=O. The molecule has 0 bridgehead atoms. The van der Waals surface area contributed by atoms with E-state index in [4.69, 9.17) is 18.9 Å². The molecule has 0 radical (unpaired) electrons. The first-order chi connectivity index (χ1) is 13.5. The van der Waals surface area contributed by atoms with Crippen LogP contribution in [0.4, 0.5) is 0 Å². The fourth-order valence-electron chi connectivity index (χ4n) is 2.68. The average Bonchev–Trinajstić information content (AvgIpc) is 2.58. The van der Waals surface area contributed by atoms with Gasteiger partial charge >= 0.3 is 17.9 Å². The van der Waals surface area contributed by atoms with Crippen LogP contribution in [-0.4, -0.2) is 67.1 Å². The molecule has 1 aromatic heterocycles. The molecule has 2 heterocycles. The molecule has 0 aliphatic carbocycles. The monoisotopic (exact) mass is 447 g/mol. The van der Waals surface area contributed by atoms with Gasteiger partial charge in [0.05, 0.1) is 0 Å². The first-order valence-electron chi connectivity index (χ1n) is 8.44. The van der Waals surface area contributed by atoms with Gasteiger partial charge in [0.25, 0.3) is 0 Å². The minimum atomic E-state index is -3.69. The third kappa shape index (κ3) is 6.32. The van der Waals surface area contributed by atoms with Gasteiger partial charge in [0, 0.05) is 39.0 Å². The number of carbonyl (C=O) groups is 3. The number of hydrogen-bond donors (Lipinski definition) is 0. The van der Waals surface area contributed by atoms with Gasteiger partial charge in [0.15, 0.2) is 44.4 Å². The molecule has 1 aliphatic heterocycles. The van der Waals surface area contributed by atoms with Crippen LogP contribution in [-0.2, 0) is 38.4 Å². The smallest absolute Gasteiger partial charge is 0.303 e. The highest BCUT2D eigenvalue weighted by atomic mass is 32.2. The third-order valence-corrected chi connectivity index (χ3v) is 5.86. The lowest BCUT2D eigenvalue weighted by Gasteiger charge is -2.39. The molecule has 0 unspecified atom stereocenters. The first kappa shape index (κ1) is 22.9. The van der Waals surface area contributed by atoms with Crippen molar-refractivity contribution in [2.75, 3.05) is 12.0 Å². The van der Waals surface area contributed by atoms with Crippen molar-refractivity contribution in [1.82, 2.24) is 4.98 Å². The summed E-state index contributed by atoms with van der Waals surface area (Å²) in [7, 11) is -3.69. The van der Waals surface area contributed by atoms with Crippen LogP contribution in [0.15, 0.2) is 23.4 Å². The van der Waals surface area contributed by atoms with E-state index in [1.807, 2.05) is 0 Å². The first-order valence-corrected chi connectivity index (χ1v) is 11.4. The summed E-state index contributed by atoms with van der Waals surface area (Å²) in [5, 5.41) is -0.284. The molecular weight excluding hydrogens is 426 g/mol. The summed E-state index contributed by atoms with van der Waals surface area (Å²) in [4.78, 5) is 38.5. The zero-order valence-electron chi connectivity index (χ0n) is 16.2. The normalized spacial score (nSPS) is 24.3. The Hall–Kier alpha value is -2.34. The number of pyridine rings is 1. The summed E-state index contributed by atoms with van der Waals surface area (Å²) in [6.45, 7) is 3.52. The van der Waals surface area contributed by atoms with Gasteiger partial charge in [-0.05, 0) is 12.1 Å². The molecule has 10 nitrogen and oxygen atoms in total. The second-order valence-corrected chi connectivity index (χ2v) is 9.26. The molecule has 0 amide bonds. The summed E-state index contributed by atoms with van der Waals surface area (Å²) >= 11 is 1.12. The number of ether oxygens (including phenoxy) is 4. The number of hydrogen-bond acceptors (Lipinski definition) is 11. The van der Waals surface area contributed by atoms with Gasteiger partial charge in [0.2, 0.25) is 0 Å². The van der Waals surface area contributed by atoms with E-state index in [2.05, 4.69) is 4.98 Å². The van der Waals surface area contributed by atoms with Crippen LogP contribution in [0.1, 0.15) is 20.8 Å². The van der Waals surface area contributed by atoms with Gasteiger partial charge < -0.3 is 18.9 Å². The van der Waals surface area contributed by atoms with Crippen molar-refractivity contribution in [2.24, 2.45) is 0 Å². The summed E-state index contributed by atoms with van der Waals surface area (Å²) in [6.07, 6.45) is -0.886. The molecular formula is C17H21NO9S2. The molecule has 1 aliphatic rings. The fraction of sp³-hybridized carbons (Fsp3) is 0.529. The number of sulfone groups is 1. The van der Waals surface area contributed by atoms with Crippen molar-refractivity contribution in [1.29, 1.82) is 0 Å². The van der Waals surface area contributed by atoms with E-state index in [-0.39, 0.29) is 16.5 Å². The van der Waals surface area contributed by atoms with Gasteiger partial charge in [-0.15, -0.1) is 11.8 Å². The highest BCUT2D eigenvalue weighted by molar-refractivity contribution is 7.99. The molecule has 0 spiro atoms. The van der Waals surface area contributed by atoms with E-state index in [0.717, 1.165) is 31.9 Å². The number of thioether (sulfide) groups is 1. The second-order valence-electron chi connectivity index (χ2n) is 6.19. The Morgan fingerprint density at radius 1 is 1.03 bits per heavy atom. The topological polar surface area (TPSA) is 135 Å². The maximum atomic E-state index is 12.0. The number of rotatable bonds is 6. The maximum Gasteiger partial charge on any atom is 0.303 e. The Bertz CT molecular complexity index is 887. The highest BCUT2D eigenvalue weighted by Crippen LogP contribution is 2.35. The molecule has 29 heavy (non-hydrogen) atoms. The second kappa shape index (κ2) is 9.44. The molecule has 1 fully saturated rings. The Morgan fingerprint density at radius 2 is 1.62 bits per heavy atom. The summed E-state index contributed by atoms with van der Waals surface area (Å²) in [6, 6.07) is 2.90.